The fourth-order valence-corrected chi connectivity index (χ4v) is 2.83. The summed E-state index contributed by atoms with van der Waals surface area (Å²) in [6, 6.07) is 15.5. The lowest BCUT2D eigenvalue weighted by atomic mass is 10.2. The van der Waals surface area contributed by atoms with E-state index in [1.54, 1.807) is 36.4 Å². The molecule has 1 heterocycles. The first-order valence-electron chi connectivity index (χ1n) is 8.22. The molecule has 0 atom stereocenters. The Hall–Kier alpha value is -2.79. The van der Waals surface area contributed by atoms with Crippen LogP contribution in [0.15, 0.2) is 60.8 Å². The van der Waals surface area contributed by atoms with Gasteiger partial charge in [-0.1, -0.05) is 35.9 Å². The van der Waals surface area contributed by atoms with Gasteiger partial charge in [-0.15, -0.1) is 0 Å². The summed E-state index contributed by atoms with van der Waals surface area (Å²) in [7, 11) is 0. The summed E-state index contributed by atoms with van der Waals surface area (Å²) >= 11 is 6.06. The lowest BCUT2D eigenvalue weighted by molar-refractivity contribution is 0.251. The van der Waals surface area contributed by atoms with Crippen LogP contribution in [0.3, 0.4) is 0 Å². The second-order valence-corrected chi connectivity index (χ2v) is 6.35. The molecule has 0 aliphatic rings. The van der Waals surface area contributed by atoms with Crippen LogP contribution < -0.4 is 10.6 Å². The van der Waals surface area contributed by atoms with E-state index in [0.717, 1.165) is 11.3 Å². The fourth-order valence-electron chi connectivity index (χ4n) is 2.65. The lowest BCUT2D eigenvalue weighted by Crippen LogP contribution is -2.29. The normalized spacial score (nSPS) is 10.6. The minimum atomic E-state index is -0.325. The molecule has 1 aromatic heterocycles. The summed E-state index contributed by atoms with van der Waals surface area (Å²) in [5, 5.41) is 6.20. The van der Waals surface area contributed by atoms with Crippen molar-refractivity contribution in [1.29, 1.82) is 0 Å². The number of amides is 2. The Morgan fingerprint density at radius 1 is 1.12 bits per heavy atom. The first-order chi connectivity index (χ1) is 12.5. The second kappa shape index (κ2) is 8.06. The fraction of sp³-hybridized carbons (Fsp3) is 0.150. The van der Waals surface area contributed by atoms with Crippen molar-refractivity contribution in [3.8, 4) is 0 Å². The minimum absolute atomic E-state index is 0.241. The molecule has 0 saturated heterocycles. The molecule has 2 aromatic carbocycles. The van der Waals surface area contributed by atoms with E-state index in [1.807, 2.05) is 29.8 Å². The van der Waals surface area contributed by atoms with Crippen LogP contribution in [0.1, 0.15) is 16.8 Å². The lowest BCUT2D eigenvalue weighted by Gasteiger charge is -2.13. The quantitative estimate of drug-likeness (QED) is 0.654. The third-order valence-corrected chi connectivity index (χ3v) is 4.58. The molecule has 0 spiro atoms. The number of aromatic nitrogens is 1. The number of benzene rings is 2. The molecule has 134 valence electrons. The van der Waals surface area contributed by atoms with Gasteiger partial charge in [0.1, 0.15) is 5.82 Å². The summed E-state index contributed by atoms with van der Waals surface area (Å²) in [6.45, 7) is 2.58. The smallest absolute Gasteiger partial charge is 0.319 e. The van der Waals surface area contributed by atoms with Crippen molar-refractivity contribution in [2.75, 3.05) is 5.32 Å². The van der Waals surface area contributed by atoms with E-state index in [2.05, 4.69) is 10.6 Å². The number of halogens is 2. The standard InChI is InChI=1S/C20H19ClFN3O/c1-14-17(21)8-4-10-19(14)24-20(26)23-12-16-7-5-11-25(16)13-15-6-2-3-9-18(15)22/h2-11H,12-13H2,1H3,(H2,23,24,26). The average molecular weight is 372 g/mol. The number of carbonyl (C=O) groups excluding carboxylic acids is 1. The maximum absolute atomic E-state index is 13.8. The first-order valence-corrected chi connectivity index (χ1v) is 8.60. The highest BCUT2D eigenvalue weighted by Crippen LogP contribution is 2.22. The van der Waals surface area contributed by atoms with Gasteiger partial charge < -0.3 is 15.2 Å². The molecule has 0 radical (unpaired) electrons. The van der Waals surface area contributed by atoms with Crippen molar-refractivity contribution in [2.24, 2.45) is 0 Å². The number of hydrogen-bond donors (Lipinski definition) is 2. The zero-order valence-electron chi connectivity index (χ0n) is 14.3. The van der Waals surface area contributed by atoms with Gasteiger partial charge in [0.25, 0.3) is 0 Å². The van der Waals surface area contributed by atoms with E-state index in [9.17, 15) is 9.18 Å². The van der Waals surface area contributed by atoms with Gasteiger partial charge in [0.2, 0.25) is 0 Å². The SMILES string of the molecule is Cc1c(Cl)cccc1NC(=O)NCc1cccn1Cc1ccccc1F. The Balaban J connectivity index is 1.62. The first kappa shape index (κ1) is 18.0. The second-order valence-electron chi connectivity index (χ2n) is 5.94. The van der Waals surface area contributed by atoms with E-state index in [4.69, 9.17) is 11.6 Å². The Labute approximate surface area is 156 Å². The number of rotatable bonds is 5. The Kier molecular flexibility index (Phi) is 5.58. The molecule has 0 saturated carbocycles. The van der Waals surface area contributed by atoms with Crippen LogP contribution in [-0.2, 0) is 13.1 Å². The monoisotopic (exact) mass is 371 g/mol. The topological polar surface area (TPSA) is 46.1 Å². The van der Waals surface area contributed by atoms with Crippen LogP contribution in [-0.4, -0.2) is 10.6 Å². The van der Waals surface area contributed by atoms with Crippen LogP contribution in [0, 0.1) is 12.7 Å². The van der Waals surface area contributed by atoms with Crippen LogP contribution in [0.25, 0.3) is 0 Å². The summed E-state index contributed by atoms with van der Waals surface area (Å²) < 4.78 is 15.7. The number of carbonyl (C=O) groups is 1. The number of nitrogens with zero attached hydrogens (tertiary/aromatic N) is 1. The molecule has 2 N–H and O–H groups in total. The molecule has 0 aliphatic carbocycles. The van der Waals surface area contributed by atoms with E-state index in [1.165, 1.54) is 6.07 Å². The summed E-state index contributed by atoms with van der Waals surface area (Å²) in [5.74, 6) is -0.241. The number of nitrogens with one attached hydrogen (secondary N) is 2. The van der Waals surface area contributed by atoms with Gasteiger partial charge in [-0.25, -0.2) is 9.18 Å². The van der Waals surface area contributed by atoms with Crippen molar-refractivity contribution in [3.63, 3.8) is 0 Å². The van der Waals surface area contributed by atoms with Crippen molar-refractivity contribution < 1.29 is 9.18 Å². The minimum Gasteiger partial charge on any atom is -0.345 e. The number of anilines is 1. The summed E-state index contributed by atoms with van der Waals surface area (Å²) in [6.07, 6.45) is 1.86. The van der Waals surface area contributed by atoms with Gasteiger partial charge in [-0.3, -0.25) is 0 Å². The number of hydrogen-bond acceptors (Lipinski definition) is 1. The molecule has 4 nitrogen and oxygen atoms in total. The predicted molar refractivity (Wildman–Crippen MR) is 102 cm³/mol. The highest BCUT2D eigenvalue weighted by atomic mass is 35.5. The number of urea groups is 1. The van der Waals surface area contributed by atoms with E-state index in [-0.39, 0.29) is 11.8 Å². The van der Waals surface area contributed by atoms with Crippen molar-refractivity contribution in [3.05, 3.63) is 88.5 Å². The molecule has 0 bridgehead atoms. The maximum Gasteiger partial charge on any atom is 0.319 e. The van der Waals surface area contributed by atoms with Crippen LogP contribution in [0.5, 0.6) is 0 Å². The third-order valence-electron chi connectivity index (χ3n) is 4.17. The Bertz CT molecular complexity index is 923. The molecule has 6 heteroatoms. The van der Waals surface area contributed by atoms with Gasteiger partial charge in [-0.05, 0) is 42.8 Å². The van der Waals surface area contributed by atoms with Crippen molar-refractivity contribution in [2.45, 2.75) is 20.0 Å². The molecule has 26 heavy (non-hydrogen) atoms. The molecule has 2 amide bonds. The highest BCUT2D eigenvalue weighted by Gasteiger charge is 2.09. The molecule has 0 aliphatic heterocycles. The van der Waals surface area contributed by atoms with E-state index >= 15 is 0 Å². The summed E-state index contributed by atoms with van der Waals surface area (Å²) in [4.78, 5) is 12.2. The largest absolute Gasteiger partial charge is 0.345 e. The Morgan fingerprint density at radius 3 is 2.73 bits per heavy atom. The Morgan fingerprint density at radius 2 is 1.92 bits per heavy atom. The van der Waals surface area contributed by atoms with Gasteiger partial charge in [0.15, 0.2) is 0 Å². The van der Waals surface area contributed by atoms with Crippen LogP contribution in [0.4, 0.5) is 14.9 Å². The zero-order chi connectivity index (χ0) is 18.5. The highest BCUT2D eigenvalue weighted by molar-refractivity contribution is 6.31. The zero-order valence-corrected chi connectivity index (χ0v) is 15.1. The predicted octanol–water partition coefficient (Wildman–Crippen LogP) is 4.96. The molecular formula is C20H19ClFN3O. The molecule has 3 aromatic rings. The maximum atomic E-state index is 13.8. The summed E-state index contributed by atoms with van der Waals surface area (Å²) in [5.41, 5.74) is 2.96. The van der Waals surface area contributed by atoms with E-state index in [0.29, 0.717) is 29.4 Å². The molecular weight excluding hydrogens is 353 g/mol. The van der Waals surface area contributed by atoms with Gasteiger partial charge in [0, 0.05) is 28.2 Å². The van der Waals surface area contributed by atoms with Crippen LogP contribution in [0.2, 0.25) is 5.02 Å². The van der Waals surface area contributed by atoms with Crippen molar-refractivity contribution in [1.82, 2.24) is 9.88 Å². The molecule has 0 unspecified atom stereocenters. The average Bonchev–Trinajstić information content (AvgIpc) is 3.06. The van der Waals surface area contributed by atoms with Gasteiger partial charge in [-0.2, -0.15) is 0 Å². The third kappa shape index (κ3) is 4.24. The van der Waals surface area contributed by atoms with Crippen molar-refractivity contribution >= 4 is 23.3 Å². The molecule has 0 fully saturated rings. The van der Waals surface area contributed by atoms with Gasteiger partial charge >= 0.3 is 6.03 Å². The van der Waals surface area contributed by atoms with Gasteiger partial charge in [0.05, 0.1) is 13.1 Å². The van der Waals surface area contributed by atoms with E-state index < -0.39 is 0 Å². The van der Waals surface area contributed by atoms with Crippen LogP contribution >= 0.6 is 11.6 Å². The molecule has 3 rings (SSSR count).